The summed E-state index contributed by atoms with van der Waals surface area (Å²) in [6.45, 7) is 4.69. The van der Waals surface area contributed by atoms with Gasteiger partial charge in [-0.05, 0) is 72.4 Å². The topological polar surface area (TPSA) is 60.8 Å². The molecule has 1 aliphatic heterocycles. The molecular weight excluding hydrogens is 584 g/mol. The van der Waals surface area contributed by atoms with E-state index in [1.165, 1.54) is 0 Å². The fourth-order valence-electron chi connectivity index (χ4n) is 4.34. The Bertz CT molecular complexity index is 1420. The summed E-state index contributed by atoms with van der Waals surface area (Å²) >= 11 is 15.1. The molecule has 6 nitrogen and oxygen atoms in total. The number of hydrogen-bond donors (Lipinski definition) is 2. The lowest BCUT2D eigenvalue weighted by molar-refractivity contribution is 0.0951. The van der Waals surface area contributed by atoms with Gasteiger partial charge in [0.1, 0.15) is 5.76 Å². The van der Waals surface area contributed by atoms with Crippen molar-refractivity contribution in [3.8, 4) is 11.3 Å². The quantitative estimate of drug-likeness (QED) is 0.234. The van der Waals surface area contributed by atoms with Crippen molar-refractivity contribution < 1.29 is 9.21 Å². The molecule has 0 bridgehead atoms. The number of amides is 1. The summed E-state index contributed by atoms with van der Waals surface area (Å²) in [6, 6.07) is 27.1. The van der Waals surface area contributed by atoms with Crippen LogP contribution >= 0.6 is 39.7 Å². The molecule has 9 heteroatoms. The molecule has 3 aromatic carbocycles. The number of nitrogens with zero attached hydrogens (tertiary/aromatic N) is 2. The Hall–Kier alpha value is -3.17. The van der Waals surface area contributed by atoms with Crippen LogP contribution < -0.4 is 15.5 Å². The zero-order valence-corrected chi connectivity index (χ0v) is 23.7. The predicted molar refractivity (Wildman–Crippen MR) is 161 cm³/mol. The number of anilines is 2. The Kier molecular flexibility index (Phi) is 8.44. The van der Waals surface area contributed by atoms with E-state index in [-0.39, 0.29) is 10.9 Å². The van der Waals surface area contributed by atoms with Gasteiger partial charge in [-0.3, -0.25) is 15.0 Å². The summed E-state index contributed by atoms with van der Waals surface area (Å²) < 4.78 is 6.70. The number of thiocarbonyl (C=S) groups is 1. The number of carbonyl (C=O) groups excluding carboxylic acids is 1. The molecule has 0 radical (unpaired) electrons. The standard InChI is InChI=1S/C29H26BrClN4O2S/c30-22-7-5-20(6-8-22)26-13-14-27(37-26)28(36)33-29(38)32-23-9-11-24(12-10-23)35-17-15-34(16-18-35)19-21-3-1-2-4-25(21)31/h1-14H,15-19H2,(H2,32,33,36,38). The lowest BCUT2D eigenvalue weighted by Gasteiger charge is -2.36. The molecule has 2 N–H and O–H groups in total. The van der Waals surface area contributed by atoms with Gasteiger partial charge >= 0.3 is 0 Å². The van der Waals surface area contributed by atoms with Crippen LogP contribution in [0.2, 0.25) is 5.02 Å². The average Bonchev–Trinajstić information content (AvgIpc) is 3.42. The molecule has 2 heterocycles. The van der Waals surface area contributed by atoms with Gasteiger partial charge in [-0.25, -0.2) is 0 Å². The molecule has 4 aromatic rings. The van der Waals surface area contributed by atoms with Crippen molar-refractivity contribution >= 4 is 62.1 Å². The highest BCUT2D eigenvalue weighted by atomic mass is 79.9. The Balaban J connectivity index is 1.10. The highest BCUT2D eigenvalue weighted by Crippen LogP contribution is 2.25. The van der Waals surface area contributed by atoms with Crippen LogP contribution in [-0.4, -0.2) is 42.1 Å². The Morgan fingerprint density at radius 2 is 1.63 bits per heavy atom. The Morgan fingerprint density at radius 1 is 0.921 bits per heavy atom. The molecule has 5 rings (SSSR count). The second-order valence-corrected chi connectivity index (χ2v) is 10.7. The summed E-state index contributed by atoms with van der Waals surface area (Å²) in [5.41, 5.74) is 4.00. The Morgan fingerprint density at radius 3 is 2.34 bits per heavy atom. The lowest BCUT2D eigenvalue weighted by Crippen LogP contribution is -2.46. The number of nitrogens with one attached hydrogen (secondary N) is 2. The van der Waals surface area contributed by atoms with Crippen LogP contribution in [0.4, 0.5) is 11.4 Å². The molecule has 0 spiro atoms. The average molecular weight is 610 g/mol. The first-order valence-electron chi connectivity index (χ1n) is 12.2. The van der Waals surface area contributed by atoms with Crippen LogP contribution in [0.1, 0.15) is 16.1 Å². The minimum atomic E-state index is -0.405. The van der Waals surface area contributed by atoms with Crippen LogP contribution in [-0.2, 0) is 6.54 Å². The van der Waals surface area contributed by atoms with E-state index in [2.05, 4.69) is 54.6 Å². The van der Waals surface area contributed by atoms with E-state index in [1.54, 1.807) is 12.1 Å². The molecular formula is C29H26BrClN4O2S. The first-order chi connectivity index (χ1) is 18.4. The number of halogens is 2. The fraction of sp³-hybridized carbons (Fsp3) is 0.172. The summed E-state index contributed by atoms with van der Waals surface area (Å²) in [5.74, 6) is 0.398. The largest absolute Gasteiger partial charge is 0.451 e. The first-order valence-corrected chi connectivity index (χ1v) is 13.8. The van der Waals surface area contributed by atoms with E-state index >= 15 is 0 Å². The highest BCUT2D eigenvalue weighted by Gasteiger charge is 2.18. The number of carbonyl (C=O) groups is 1. The van der Waals surface area contributed by atoms with Crippen LogP contribution in [0.5, 0.6) is 0 Å². The van der Waals surface area contributed by atoms with Crippen molar-refractivity contribution in [1.82, 2.24) is 10.2 Å². The van der Waals surface area contributed by atoms with Gasteiger partial charge in [0.15, 0.2) is 10.9 Å². The van der Waals surface area contributed by atoms with Gasteiger partial charge in [-0.15, -0.1) is 0 Å². The Labute approximate surface area is 240 Å². The van der Waals surface area contributed by atoms with E-state index in [1.807, 2.05) is 54.6 Å². The maximum absolute atomic E-state index is 12.6. The minimum Gasteiger partial charge on any atom is -0.451 e. The van der Waals surface area contributed by atoms with Gasteiger partial charge in [0, 0.05) is 59.2 Å². The van der Waals surface area contributed by atoms with Gasteiger partial charge in [0.05, 0.1) is 0 Å². The van der Waals surface area contributed by atoms with E-state index in [9.17, 15) is 4.79 Å². The molecule has 0 aliphatic carbocycles. The minimum absolute atomic E-state index is 0.191. The lowest BCUT2D eigenvalue weighted by atomic mass is 10.2. The van der Waals surface area contributed by atoms with Gasteiger partial charge in [0.2, 0.25) is 0 Å². The van der Waals surface area contributed by atoms with Gasteiger partial charge < -0.3 is 14.6 Å². The van der Waals surface area contributed by atoms with Crippen molar-refractivity contribution in [2.45, 2.75) is 6.54 Å². The van der Waals surface area contributed by atoms with Gasteiger partial charge in [-0.2, -0.15) is 0 Å². The van der Waals surface area contributed by atoms with Crippen molar-refractivity contribution in [3.63, 3.8) is 0 Å². The van der Waals surface area contributed by atoms with Crippen molar-refractivity contribution in [2.75, 3.05) is 36.4 Å². The van der Waals surface area contributed by atoms with Crippen LogP contribution in [0.25, 0.3) is 11.3 Å². The van der Waals surface area contributed by atoms with E-state index in [4.69, 9.17) is 28.2 Å². The third kappa shape index (κ3) is 6.63. The van der Waals surface area contributed by atoms with E-state index in [0.29, 0.717) is 5.76 Å². The number of rotatable bonds is 6. The van der Waals surface area contributed by atoms with E-state index < -0.39 is 5.91 Å². The molecule has 1 aromatic heterocycles. The molecule has 38 heavy (non-hydrogen) atoms. The maximum atomic E-state index is 12.6. The third-order valence-corrected chi connectivity index (χ3v) is 7.50. The smallest absolute Gasteiger partial charge is 0.293 e. The molecule has 1 aliphatic rings. The summed E-state index contributed by atoms with van der Waals surface area (Å²) in [4.78, 5) is 17.4. The number of piperazine rings is 1. The molecule has 194 valence electrons. The van der Waals surface area contributed by atoms with Crippen molar-refractivity contribution in [1.29, 1.82) is 0 Å². The molecule has 0 atom stereocenters. The second-order valence-electron chi connectivity index (χ2n) is 8.98. The first kappa shape index (κ1) is 26.4. The van der Waals surface area contributed by atoms with Crippen molar-refractivity contribution in [2.24, 2.45) is 0 Å². The molecule has 1 fully saturated rings. The summed E-state index contributed by atoms with van der Waals surface area (Å²) in [7, 11) is 0. The molecule has 1 saturated heterocycles. The monoisotopic (exact) mass is 608 g/mol. The van der Waals surface area contributed by atoms with Crippen LogP contribution in [0.15, 0.2) is 93.8 Å². The molecule has 0 unspecified atom stereocenters. The number of hydrogen-bond acceptors (Lipinski definition) is 5. The zero-order valence-electron chi connectivity index (χ0n) is 20.5. The fourth-order valence-corrected chi connectivity index (χ4v) is 5.01. The van der Waals surface area contributed by atoms with Crippen molar-refractivity contribution in [3.05, 3.63) is 106 Å². The third-order valence-electron chi connectivity index (χ3n) is 6.40. The summed E-state index contributed by atoms with van der Waals surface area (Å²) in [6.07, 6.45) is 0. The normalized spacial score (nSPS) is 13.8. The van der Waals surface area contributed by atoms with Gasteiger partial charge in [-0.1, -0.05) is 57.9 Å². The van der Waals surface area contributed by atoms with Crippen LogP contribution in [0, 0.1) is 0 Å². The SMILES string of the molecule is O=C(NC(=S)Nc1ccc(N2CCN(Cc3ccccc3Cl)CC2)cc1)c1ccc(-c2ccc(Br)cc2)o1. The maximum Gasteiger partial charge on any atom is 0.293 e. The summed E-state index contributed by atoms with van der Waals surface area (Å²) in [5, 5.41) is 6.78. The zero-order chi connectivity index (χ0) is 26.5. The molecule has 1 amide bonds. The second kappa shape index (κ2) is 12.1. The number of furan rings is 1. The van der Waals surface area contributed by atoms with Gasteiger partial charge in [0.25, 0.3) is 5.91 Å². The molecule has 0 saturated carbocycles. The highest BCUT2D eigenvalue weighted by molar-refractivity contribution is 9.10. The number of benzene rings is 3. The van der Waals surface area contributed by atoms with Crippen LogP contribution in [0.3, 0.4) is 0 Å². The van der Waals surface area contributed by atoms with E-state index in [0.717, 1.165) is 64.7 Å². The predicted octanol–water partition coefficient (Wildman–Crippen LogP) is 6.81.